The number of piperidine rings is 1. The van der Waals surface area contributed by atoms with Crippen molar-refractivity contribution in [1.29, 1.82) is 0 Å². The van der Waals surface area contributed by atoms with Crippen molar-refractivity contribution >= 4 is 17.7 Å². The lowest BCUT2D eigenvalue weighted by molar-refractivity contribution is -0.139. The maximum Gasteiger partial charge on any atom is 0.251 e. The SMILES string of the molecule is CC(=O)N1CCN(C(=O)CN2CCC(NC(=O)c3ccc(F)cc3)CC2)CC1. The van der Waals surface area contributed by atoms with Crippen LogP contribution in [0.2, 0.25) is 0 Å². The second-order valence-electron chi connectivity index (χ2n) is 7.42. The first-order valence-corrected chi connectivity index (χ1v) is 9.74. The number of benzene rings is 1. The molecule has 0 bridgehead atoms. The number of piperazine rings is 1. The third-order valence-electron chi connectivity index (χ3n) is 5.47. The van der Waals surface area contributed by atoms with Gasteiger partial charge in [-0.05, 0) is 37.1 Å². The quantitative estimate of drug-likeness (QED) is 0.822. The summed E-state index contributed by atoms with van der Waals surface area (Å²) >= 11 is 0. The Bertz CT molecular complexity index is 709. The number of likely N-dealkylation sites (tertiary alicyclic amines) is 1. The molecular formula is C20H27FN4O3. The van der Waals surface area contributed by atoms with Gasteiger partial charge in [0.15, 0.2) is 0 Å². The number of rotatable bonds is 4. The van der Waals surface area contributed by atoms with Crippen molar-refractivity contribution in [2.75, 3.05) is 45.8 Å². The van der Waals surface area contributed by atoms with E-state index in [9.17, 15) is 18.8 Å². The number of nitrogens with one attached hydrogen (secondary N) is 1. The molecule has 0 aliphatic carbocycles. The van der Waals surface area contributed by atoms with Gasteiger partial charge in [0, 0.05) is 57.8 Å². The zero-order valence-corrected chi connectivity index (χ0v) is 16.2. The predicted octanol–water partition coefficient (Wildman–Crippen LogP) is 0.711. The van der Waals surface area contributed by atoms with Crippen LogP contribution < -0.4 is 5.32 Å². The first-order valence-electron chi connectivity index (χ1n) is 9.74. The normalized spacial score (nSPS) is 18.8. The molecule has 28 heavy (non-hydrogen) atoms. The van der Waals surface area contributed by atoms with E-state index in [4.69, 9.17) is 0 Å². The topological polar surface area (TPSA) is 73.0 Å². The summed E-state index contributed by atoms with van der Waals surface area (Å²) in [7, 11) is 0. The fourth-order valence-corrected chi connectivity index (χ4v) is 3.67. The molecule has 8 heteroatoms. The minimum Gasteiger partial charge on any atom is -0.349 e. The van der Waals surface area contributed by atoms with Crippen molar-refractivity contribution in [3.8, 4) is 0 Å². The van der Waals surface area contributed by atoms with E-state index < -0.39 is 0 Å². The first-order chi connectivity index (χ1) is 13.4. The molecule has 0 atom stereocenters. The van der Waals surface area contributed by atoms with Crippen molar-refractivity contribution in [3.05, 3.63) is 35.6 Å². The third-order valence-corrected chi connectivity index (χ3v) is 5.47. The minimum atomic E-state index is -0.364. The van der Waals surface area contributed by atoms with E-state index in [2.05, 4.69) is 10.2 Å². The number of nitrogens with zero attached hydrogens (tertiary/aromatic N) is 3. The molecule has 3 rings (SSSR count). The number of hydrogen-bond acceptors (Lipinski definition) is 4. The summed E-state index contributed by atoms with van der Waals surface area (Å²) in [6, 6.07) is 5.57. The maximum atomic E-state index is 13.0. The molecule has 2 aliphatic heterocycles. The largest absolute Gasteiger partial charge is 0.349 e. The molecule has 2 saturated heterocycles. The highest BCUT2D eigenvalue weighted by Crippen LogP contribution is 2.13. The van der Waals surface area contributed by atoms with Gasteiger partial charge in [-0.25, -0.2) is 4.39 Å². The highest BCUT2D eigenvalue weighted by atomic mass is 19.1. The van der Waals surface area contributed by atoms with E-state index in [0.29, 0.717) is 38.3 Å². The van der Waals surface area contributed by atoms with Gasteiger partial charge in [0.05, 0.1) is 6.54 Å². The molecule has 0 spiro atoms. The van der Waals surface area contributed by atoms with Crippen LogP contribution in [0.15, 0.2) is 24.3 Å². The summed E-state index contributed by atoms with van der Waals surface area (Å²) < 4.78 is 13.0. The Kier molecular flexibility index (Phi) is 6.61. The van der Waals surface area contributed by atoms with E-state index in [-0.39, 0.29) is 29.6 Å². The van der Waals surface area contributed by atoms with Gasteiger partial charge in [-0.1, -0.05) is 0 Å². The van der Waals surface area contributed by atoms with Gasteiger partial charge in [-0.2, -0.15) is 0 Å². The first kappa shape index (κ1) is 20.3. The Morgan fingerprint density at radius 1 is 0.964 bits per heavy atom. The average molecular weight is 390 g/mol. The van der Waals surface area contributed by atoms with Crippen molar-refractivity contribution in [1.82, 2.24) is 20.0 Å². The lowest BCUT2D eigenvalue weighted by atomic mass is 10.0. The molecule has 1 aromatic carbocycles. The number of carbonyl (C=O) groups is 3. The van der Waals surface area contributed by atoms with E-state index in [1.165, 1.54) is 24.3 Å². The summed E-state index contributed by atoms with van der Waals surface area (Å²) in [5.41, 5.74) is 0.448. The molecule has 0 unspecified atom stereocenters. The van der Waals surface area contributed by atoms with Crippen LogP contribution in [0, 0.1) is 5.82 Å². The van der Waals surface area contributed by atoms with Crippen LogP contribution in [-0.2, 0) is 9.59 Å². The zero-order chi connectivity index (χ0) is 20.1. The molecule has 1 N–H and O–H groups in total. The molecule has 0 radical (unpaired) electrons. The maximum absolute atomic E-state index is 13.0. The summed E-state index contributed by atoms with van der Waals surface area (Å²) in [5, 5.41) is 2.99. The van der Waals surface area contributed by atoms with Gasteiger partial charge in [0.25, 0.3) is 5.91 Å². The standard InChI is InChI=1S/C20H27FN4O3/c1-15(26)24-10-12-25(13-11-24)19(27)14-23-8-6-18(7-9-23)22-20(28)16-2-4-17(21)5-3-16/h2-5,18H,6-14H2,1H3,(H,22,28). The Morgan fingerprint density at radius 2 is 1.54 bits per heavy atom. The van der Waals surface area contributed by atoms with Crippen LogP contribution in [0.5, 0.6) is 0 Å². The van der Waals surface area contributed by atoms with Gasteiger partial charge in [0.1, 0.15) is 5.82 Å². The Labute approximate surface area is 164 Å². The van der Waals surface area contributed by atoms with Gasteiger partial charge in [-0.3, -0.25) is 19.3 Å². The highest BCUT2D eigenvalue weighted by Gasteiger charge is 2.26. The summed E-state index contributed by atoms with van der Waals surface area (Å²) in [6.07, 6.45) is 1.55. The van der Waals surface area contributed by atoms with Crippen molar-refractivity contribution in [3.63, 3.8) is 0 Å². The van der Waals surface area contributed by atoms with E-state index in [0.717, 1.165) is 25.9 Å². The minimum absolute atomic E-state index is 0.0526. The third kappa shape index (κ3) is 5.28. The molecule has 2 fully saturated rings. The van der Waals surface area contributed by atoms with Gasteiger partial charge >= 0.3 is 0 Å². The number of halogens is 1. The van der Waals surface area contributed by atoms with Crippen LogP contribution in [0.3, 0.4) is 0 Å². The van der Waals surface area contributed by atoms with Crippen LogP contribution in [0.4, 0.5) is 4.39 Å². The lowest BCUT2D eigenvalue weighted by Crippen LogP contribution is -2.53. The molecule has 0 saturated carbocycles. The van der Waals surface area contributed by atoms with Crippen LogP contribution in [-0.4, -0.2) is 84.3 Å². The van der Waals surface area contributed by atoms with E-state index >= 15 is 0 Å². The number of carbonyl (C=O) groups excluding carboxylic acids is 3. The second-order valence-corrected chi connectivity index (χ2v) is 7.42. The number of hydrogen-bond donors (Lipinski definition) is 1. The average Bonchev–Trinajstić information content (AvgIpc) is 2.70. The van der Waals surface area contributed by atoms with E-state index in [1.807, 2.05) is 4.90 Å². The van der Waals surface area contributed by atoms with Crippen LogP contribution in [0.25, 0.3) is 0 Å². The molecule has 7 nitrogen and oxygen atoms in total. The predicted molar refractivity (Wildman–Crippen MR) is 102 cm³/mol. The smallest absolute Gasteiger partial charge is 0.251 e. The molecular weight excluding hydrogens is 363 g/mol. The van der Waals surface area contributed by atoms with Gasteiger partial charge in [0.2, 0.25) is 11.8 Å². The Balaban J connectivity index is 1.39. The highest BCUT2D eigenvalue weighted by molar-refractivity contribution is 5.94. The molecule has 2 heterocycles. The van der Waals surface area contributed by atoms with Crippen LogP contribution in [0.1, 0.15) is 30.1 Å². The molecule has 2 aliphatic rings. The van der Waals surface area contributed by atoms with E-state index in [1.54, 1.807) is 11.8 Å². The molecule has 0 aromatic heterocycles. The fourth-order valence-electron chi connectivity index (χ4n) is 3.67. The number of amides is 3. The second kappa shape index (κ2) is 9.14. The van der Waals surface area contributed by atoms with Crippen molar-refractivity contribution in [2.45, 2.75) is 25.8 Å². The summed E-state index contributed by atoms with van der Waals surface area (Å²) in [5.74, 6) is -0.413. The Hall–Kier alpha value is -2.48. The monoisotopic (exact) mass is 390 g/mol. The summed E-state index contributed by atoms with van der Waals surface area (Å²) in [6.45, 7) is 5.78. The fraction of sp³-hybridized carbons (Fsp3) is 0.550. The van der Waals surface area contributed by atoms with Gasteiger partial charge < -0.3 is 15.1 Å². The van der Waals surface area contributed by atoms with Crippen molar-refractivity contribution < 1.29 is 18.8 Å². The van der Waals surface area contributed by atoms with Crippen molar-refractivity contribution in [2.24, 2.45) is 0 Å². The molecule has 1 aromatic rings. The zero-order valence-electron chi connectivity index (χ0n) is 16.2. The lowest BCUT2D eigenvalue weighted by Gasteiger charge is -2.37. The Morgan fingerprint density at radius 3 is 2.11 bits per heavy atom. The summed E-state index contributed by atoms with van der Waals surface area (Å²) in [4.78, 5) is 41.8. The van der Waals surface area contributed by atoms with Crippen LogP contribution >= 0.6 is 0 Å². The van der Waals surface area contributed by atoms with Gasteiger partial charge in [-0.15, -0.1) is 0 Å². The molecule has 152 valence electrons. The molecule has 3 amide bonds.